The zero-order chi connectivity index (χ0) is 11.3. The summed E-state index contributed by atoms with van der Waals surface area (Å²) in [5, 5.41) is 0. The fourth-order valence-corrected chi connectivity index (χ4v) is 1.92. The standard InChI is InChI=1S/C10H13ClO3S/c1-14-8-10-4-2-9(3-5-10)6-7-15(11,12)13/h2-5H,6-8H2,1H3. The molecular formula is C10H13ClO3S. The van der Waals surface area contributed by atoms with Crippen LogP contribution in [0.25, 0.3) is 0 Å². The summed E-state index contributed by atoms with van der Waals surface area (Å²) in [6, 6.07) is 7.60. The molecule has 0 aliphatic rings. The Labute approximate surface area is 94.4 Å². The van der Waals surface area contributed by atoms with E-state index in [9.17, 15) is 8.42 Å². The van der Waals surface area contributed by atoms with E-state index in [0.29, 0.717) is 13.0 Å². The number of methoxy groups -OCH3 is 1. The molecule has 0 unspecified atom stereocenters. The Hall–Kier alpha value is -0.580. The Morgan fingerprint density at radius 3 is 2.20 bits per heavy atom. The van der Waals surface area contributed by atoms with Crippen LogP contribution in [0.1, 0.15) is 11.1 Å². The molecule has 0 fully saturated rings. The first kappa shape index (κ1) is 12.5. The largest absolute Gasteiger partial charge is 0.380 e. The normalized spacial score (nSPS) is 11.6. The van der Waals surface area contributed by atoms with E-state index < -0.39 is 9.05 Å². The summed E-state index contributed by atoms with van der Waals surface area (Å²) in [6.07, 6.45) is 0.444. The predicted molar refractivity (Wildman–Crippen MR) is 60.5 cm³/mol. The second-order valence-electron chi connectivity index (χ2n) is 3.24. The van der Waals surface area contributed by atoms with Crippen LogP contribution in [0.3, 0.4) is 0 Å². The van der Waals surface area contributed by atoms with Gasteiger partial charge in [0.05, 0.1) is 12.4 Å². The molecule has 1 aromatic rings. The van der Waals surface area contributed by atoms with Crippen molar-refractivity contribution in [3.8, 4) is 0 Å². The van der Waals surface area contributed by atoms with Crippen LogP contribution in [0.2, 0.25) is 0 Å². The number of rotatable bonds is 5. The molecule has 3 nitrogen and oxygen atoms in total. The molecule has 84 valence electrons. The number of ether oxygens (including phenoxy) is 1. The maximum Gasteiger partial charge on any atom is 0.232 e. The summed E-state index contributed by atoms with van der Waals surface area (Å²) in [6.45, 7) is 0.564. The maximum atomic E-state index is 10.7. The predicted octanol–water partition coefficient (Wildman–Crippen LogP) is 1.94. The third-order valence-electron chi connectivity index (χ3n) is 1.97. The van der Waals surface area contributed by atoms with E-state index in [1.807, 2.05) is 24.3 Å². The average Bonchev–Trinajstić information content (AvgIpc) is 2.16. The highest BCUT2D eigenvalue weighted by Crippen LogP contribution is 2.08. The van der Waals surface area contributed by atoms with E-state index >= 15 is 0 Å². The van der Waals surface area contributed by atoms with Gasteiger partial charge in [-0.1, -0.05) is 24.3 Å². The summed E-state index contributed by atoms with van der Waals surface area (Å²) in [5.41, 5.74) is 2.02. The Bertz CT molecular complexity index is 397. The molecule has 0 spiro atoms. The first-order valence-electron chi connectivity index (χ1n) is 4.50. The first-order valence-corrected chi connectivity index (χ1v) is 6.98. The molecular weight excluding hydrogens is 236 g/mol. The maximum absolute atomic E-state index is 10.7. The zero-order valence-corrected chi connectivity index (χ0v) is 10.0. The van der Waals surface area contributed by atoms with Gasteiger partial charge in [-0.2, -0.15) is 0 Å². The van der Waals surface area contributed by atoms with E-state index in [0.717, 1.165) is 11.1 Å². The minimum absolute atomic E-state index is 0.0296. The molecule has 0 aromatic heterocycles. The summed E-state index contributed by atoms with van der Waals surface area (Å²) in [4.78, 5) is 0. The molecule has 0 aliphatic carbocycles. The topological polar surface area (TPSA) is 43.4 Å². The van der Waals surface area contributed by atoms with E-state index in [1.165, 1.54) is 0 Å². The zero-order valence-electron chi connectivity index (χ0n) is 8.44. The Balaban J connectivity index is 2.57. The van der Waals surface area contributed by atoms with Crippen molar-refractivity contribution in [2.45, 2.75) is 13.0 Å². The van der Waals surface area contributed by atoms with Gasteiger partial charge in [0.15, 0.2) is 0 Å². The van der Waals surface area contributed by atoms with Crippen molar-refractivity contribution in [3.63, 3.8) is 0 Å². The van der Waals surface area contributed by atoms with Crippen molar-refractivity contribution in [2.24, 2.45) is 0 Å². The molecule has 0 saturated heterocycles. The van der Waals surface area contributed by atoms with Gasteiger partial charge in [-0.05, 0) is 17.5 Å². The summed E-state index contributed by atoms with van der Waals surface area (Å²) in [5.74, 6) is -0.0296. The second kappa shape index (κ2) is 5.49. The Kier molecular flexibility index (Phi) is 4.57. The lowest BCUT2D eigenvalue weighted by molar-refractivity contribution is 0.185. The number of aryl methyl sites for hydroxylation is 1. The number of benzene rings is 1. The minimum Gasteiger partial charge on any atom is -0.380 e. The lowest BCUT2D eigenvalue weighted by Crippen LogP contribution is -2.01. The third kappa shape index (κ3) is 5.16. The monoisotopic (exact) mass is 248 g/mol. The van der Waals surface area contributed by atoms with Crippen LogP contribution >= 0.6 is 10.7 Å². The summed E-state index contributed by atoms with van der Waals surface area (Å²) < 4.78 is 26.4. The molecule has 1 aromatic carbocycles. The smallest absolute Gasteiger partial charge is 0.232 e. The quantitative estimate of drug-likeness (QED) is 0.748. The van der Waals surface area contributed by atoms with Gasteiger partial charge >= 0.3 is 0 Å². The van der Waals surface area contributed by atoms with Crippen molar-refractivity contribution in [2.75, 3.05) is 12.9 Å². The highest BCUT2D eigenvalue weighted by atomic mass is 35.7. The van der Waals surface area contributed by atoms with Crippen molar-refractivity contribution >= 4 is 19.7 Å². The SMILES string of the molecule is COCc1ccc(CCS(=O)(=O)Cl)cc1. The van der Waals surface area contributed by atoms with Gasteiger partial charge in [-0.15, -0.1) is 0 Å². The summed E-state index contributed by atoms with van der Waals surface area (Å²) >= 11 is 0. The lowest BCUT2D eigenvalue weighted by Gasteiger charge is -2.02. The first-order chi connectivity index (χ1) is 7.01. The van der Waals surface area contributed by atoms with Gasteiger partial charge in [0, 0.05) is 17.8 Å². The van der Waals surface area contributed by atoms with E-state index in [4.69, 9.17) is 15.4 Å². The van der Waals surface area contributed by atoms with Crippen LogP contribution in [0.5, 0.6) is 0 Å². The molecule has 0 N–H and O–H groups in total. The fourth-order valence-electron chi connectivity index (χ4n) is 1.21. The molecule has 0 bridgehead atoms. The van der Waals surface area contributed by atoms with Gasteiger partial charge in [0.1, 0.15) is 0 Å². The molecule has 15 heavy (non-hydrogen) atoms. The molecule has 0 heterocycles. The average molecular weight is 249 g/mol. The van der Waals surface area contributed by atoms with Gasteiger partial charge in [-0.25, -0.2) is 8.42 Å². The van der Waals surface area contributed by atoms with Crippen LogP contribution < -0.4 is 0 Å². The third-order valence-corrected chi connectivity index (χ3v) is 3.12. The molecule has 5 heteroatoms. The van der Waals surface area contributed by atoms with Crippen LogP contribution in [0, 0.1) is 0 Å². The van der Waals surface area contributed by atoms with E-state index in [-0.39, 0.29) is 5.75 Å². The fraction of sp³-hybridized carbons (Fsp3) is 0.400. The highest BCUT2D eigenvalue weighted by Gasteiger charge is 2.05. The van der Waals surface area contributed by atoms with Gasteiger partial charge < -0.3 is 4.74 Å². The van der Waals surface area contributed by atoms with E-state index in [2.05, 4.69) is 0 Å². The van der Waals surface area contributed by atoms with E-state index in [1.54, 1.807) is 7.11 Å². The summed E-state index contributed by atoms with van der Waals surface area (Å²) in [7, 11) is 3.35. The molecule has 0 atom stereocenters. The molecule has 0 radical (unpaired) electrons. The minimum atomic E-state index is -3.40. The lowest BCUT2D eigenvalue weighted by atomic mass is 10.1. The van der Waals surface area contributed by atoms with Crippen molar-refractivity contribution < 1.29 is 13.2 Å². The van der Waals surface area contributed by atoms with Crippen LogP contribution in [-0.2, 0) is 26.8 Å². The molecule has 0 aliphatic heterocycles. The second-order valence-corrected chi connectivity index (χ2v) is 6.14. The molecule has 0 saturated carbocycles. The van der Waals surface area contributed by atoms with Crippen LogP contribution in [-0.4, -0.2) is 21.3 Å². The molecule has 0 amide bonds. The number of halogens is 1. The van der Waals surface area contributed by atoms with Gasteiger partial charge in [-0.3, -0.25) is 0 Å². The van der Waals surface area contributed by atoms with Crippen molar-refractivity contribution in [1.29, 1.82) is 0 Å². The van der Waals surface area contributed by atoms with Gasteiger partial charge in [0.25, 0.3) is 0 Å². The highest BCUT2D eigenvalue weighted by molar-refractivity contribution is 8.13. The molecule has 1 rings (SSSR count). The Morgan fingerprint density at radius 1 is 1.20 bits per heavy atom. The number of hydrogen-bond acceptors (Lipinski definition) is 3. The van der Waals surface area contributed by atoms with Gasteiger partial charge in [0.2, 0.25) is 9.05 Å². The van der Waals surface area contributed by atoms with Crippen molar-refractivity contribution in [1.82, 2.24) is 0 Å². The van der Waals surface area contributed by atoms with Crippen LogP contribution in [0.4, 0.5) is 0 Å². The van der Waals surface area contributed by atoms with Crippen LogP contribution in [0.15, 0.2) is 24.3 Å². The Morgan fingerprint density at radius 2 is 1.73 bits per heavy atom. The number of hydrogen-bond donors (Lipinski definition) is 0. The van der Waals surface area contributed by atoms with Crippen molar-refractivity contribution in [3.05, 3.63) is 35.4 Å².